The van der Waals surface area contributed by atoms with Crippen LogP contribution in [0, 0.1) is 0 Å². The van der Waals surface area contributed by atoms with Gasteiger partial charge in [0, 0.05) is 18.5 Å². The third kappa shape index (κ3) is 5.85. The van der Waals surface area contributed by atoms with Gasteiger partial charge in [-0.1, -0.05) is 73.7 Å². The molecule has 0 saturated heterocycles. The van der Waals surface area contributed by atoms with Gasteiger partial charge in [0.1, 0.15) is 11.8 Å². The maximum atomic E-state index is 13.2. The fourth-order valence-electron chi connectivity index (χ4n) is 3.73. The minimum Gasteiger partial charge on any atom is -0.483 e. The van der Waals surface area contributed by atoms with Crippen LogP contribution in [0.5, 0.6) is 5.75 Å². The van der Waals surface area contributed by atoms with Gasteiger partial charge < -0.3 is 15.0 Å². The molecule has 0 aliphatic heterocycles. The Bertz CT molecular complexity index is 998. The molecule has 0 heterocycles. The van der Waals surface area contributed by atoms with Gasteiger partial charge in [-0.3, -0.25) is 9.59 Å². The van der Waals surface area contributed by atoms with E-state index >= 15 is 0 Å². The molecule has 3 rings (SSSR count). The molecule has 0 aliphatic rings. The molecule has 0 spiro atoms. The minimum atomic E-state index is -0.521. The molecule has 0 saturated carbocycles. The Morgan fingerprint density at radius 3 is 2.39 bits per heavy atom. The summed E-state index contributed by atoms with van der Waals surface area (Å²) in [6.45, 7) is 4.68. The lowest BCUT2D eigenvalue weighted by Gasteiger charge is -2.30. The Balaban J connectivity index is 1.76. The maximum Gasteiger partial charge on any atom is 0.261 e. The molecule has 0 radical (unpaired) electrons. The summed E-state index contributed by atoms with van der Waals surface area (Å²) in [5, 5.41) is 4.87. The molecule has 0 aliphatic carbocycles. The highest BCUT2D eigenvalue weighted by atomic mass is 16.5. The molecule has 162 valence electrons. The normalized spacial score (nSPS) is 11.7. The fourth-order valence-corrected chi connectivity index (χ4v) is 3.73. The summed E-state index contributed by atoms with van der Waals surface area (Å²) in [7, 11) is 0. The molecule has 2 amide bonds. The highest BCUT2D eigenvalue weighted by molar-refractivity contribution is 5.90. The number of nitrogens with zero attached hydrogens (tertiary/aromatic N) is 1. The first-order valence-corrected chi connectivity index (χ1v) is 10.9. The lowest BCUT2D eigenvalue weighted by molar-refractivity contribution is -0.142. The highest BCUT2D eigenvalue weighted by Gasteiger charge is 2.28. The predicted octanol–water partition coefficient (Wildman–Crippen LogP) is 4.20. The Labute approximate surface area is 184 Å². The zero-order valence-corrected chi connectivity index (χ0v) is 18.2. The van der Waals surface area contributed by atoms with Crippen molar-refractivity contribution in [3.05, 3.63) is 78.4 Å². The van der Waals surface area contributed by atoms with Crippen molar-refractivity contribution in [3.63, 3.8) is 0 Å². The summed E-state index contributed by atoms with van der Waals surface area (Å²) in [6.07, 6.45) is 1.22. The summed E-state index contributed by atoms with van der Waals surface area (Å²) in [6, 6.07) is 23.2. The van der Waals surface area contributed by atoms with Crippen LogP contribution in [0.2, 0.25) is 0 Å². The molecule has 0 fully saturated rings. The molecule has 3 aromatic rings. The second kappa shape index (κ2) is 11.2. The molecule has 1 unspecified atom stereocenters. The summed E-state index contributed by atoms with van der Waals surface area (Å²) in [5.41, 5.74) is 1.13. The smallest absolute Gasteiger partial charge is 0.261 e. The molecule has 5 heteroatoms. The summed E-state index contributed by atoms with van der Waals surface area (Å²) in [4.78, 5) is 27.5. The standard InChI is InChI=1S/C26H30N2O3/c1-3-23(26(30)27-4-2)28(18-17-20-11-6-5-7-12-20)25(29)19-31-24-16-10-14-21-13-8-9-15-22(21)24/h5-16,23H,3-4,17-19H2,1-2H3,(H,27,30). The van der Waals surface area contributed by atoms with Crippen molar-refractivity contribution in [1.82, 2.24) is 10.2 Å². The van der Waals surface area contributed by atoms with Gasteiger partial charge >= 0.3 is 0 Å². The van der Waals surface area contributed by atoms with E-state index in [2.05, 4.69) is 5.32 Å². The number of hydrogen-bond acceptors (Lipinski definition) is 3. The first-order chi connectivity index (χ1) is 15.1. The Morgan fingerprint density at radius 2 is 1.65 bits per heavy atom. The average Bonchev–Trinajstić information content (AvgIpc) is 2.81. The zero-order valence-electron chi connectivity index (χ0n) is 18.2. The zero-order chi connectivity index (χ0) is 22.1. The minimum absolute atomic E-state index is 0.112. The van der Waals surface area contributed by atoms with Crippen LogP contribution >= 0.6 is 0 Å². The predicted molar refractivity (Wildman–Crippen MR) is 124 cm³/mol. The van der Waals surface area contributed by atoms with E-state index in [1.165, 1.54) is 0 Å². The summed E-state index contributed by atoms with van der Waals surface area (Å²) >= 11 is 0. The van der Waals surface area contributed by atoms with E-state index in [4.69, 9.17) is 4.74 Å². The maximum absolute atomic E-state index is 13.2. The van der Waals surface area contributed by atoms with Crippen LogP contribution in [0.25, 0.3) is 10.8 Å². The number of benzene rings is 3. The van der Waals surface area contributed by atoms with Crippen LogP contribution in [0.4, 0.5) is 0 Å². The molecule has 1 atom stereocenters. The van der Waals surface area contributed by atoms with Gasteiger partial charge in [0.15, 0.2) is 6.61 Å². The van der Waals surface area contributed by atoms with E-state index in [0.29, 0.717) is 31.7 Å². The summed E-state index contributed by atoms with van der Waals surface area (Å²) < 4.78 is 5.93. The first kappa shape index (κ1) is 22.3. The topological polar surface area (TPSA) is 58.6 Å². The molecule has 0 aromatic heterocycles. The molecule has 5 nitrogen and oxygen atoms in total. The quantitative estimate of drug-likeness (QED) is 0.537. The third-order valence-corrected chi connectivity index (χ3v) is 5.32. The number of ether oxygens (including phenoxy) is 1. The largest absolute Gasteiger partial charge is 0.483 e. The van der Waals surface area contributed by atoms with E-state index < -0.39 is 6.04 Å². The van der Waals surface area contributed by atoms with Crippen LogP contribution in [0.1, 0.15) is 25.8 Å². The molecule has 3 aromatic carbocycles. The van der Waals surface area contributed by atoms with Crippen molar-refractivity contribution in [3.8, 4) is 5.75 Å². The number of rotatable bonds is 10. The Kier molecular flexibility index (Phi) is 8.05. The van der Waals surface area contributed by atoms with Crippen molar-refractivity contribution >= 4 is 22.6 Å². The van der Waals surface area contributed by atoms with Gasteiger partial charge in [0.05, 0.1) is 0 Å². The molecule has 31 heavy (non-hydrogen) atoms. The van der Waals surface area contributed by atoms with E-state index in [-0.39, 0.29) is 18.4 Å². The fraction of sp³-hybridized carbons (Fsp3) is 0.308. The molecule has 0 bridgehead atoms. The van der Waals surface area contributed by atoms with Crippen molar-refractivity contribution in [2.24, 2.45) is 0 Å². The van der Waals surface area contributed by atoms with Gasteiger partial charge in [-0.05, 0) is 36.8 Å². The summed E-state index contributed by atoms with van der Waals surface area (Å²) in [5.74, 6) is 0.346. The van der Waals surface area contributed by atoms with Crippen molar-refractivity contribution in [2.75, 3.05) is 19.7 Å². The lowest BCUT2D eigenvalue weighted by atomic mass is 10.1. The van der Waals surface area contributed by atoms with Crippen LogP contribution in [-0.2, 0) is 16.0 Å². The highest BCUT2D eigenvalue weighted by Crippen LogP contribution is 2.25. The van der Waals surface area contributed by atoms with Gasteiger partial charge in [0.2, 0.25) is 5.91 Å². The van der Waals surface area contributed by atoms with E-state index in [9.17, 15) is 9.59 Å². The van der Waals surface area contributed by atoms with Gasteiger partial charge in [0.25, 0.3) is 5.91 Å². The van der Waals surface area contributed by atoms with Gasteiger partial charge in [-0.25, -0.2) is 0 Å². The number of amides is 2. The second-order valence-corrected chi connectivity index (χ2v) is 7.41. The molecular weight excluding hydrogens is 388 g/mol. The number of nitrogens with one attached hydrogen (secondary N) is 1. The number of fused-ring (bicyclic) bond motifs is 1. The van der Waals surface area contributed by atoms with Crippen LogP contribution in [0.3, 0.4) is 0 Å². The van der Waals surface area contributed by atoms with Crippen molar-refractivity contribution < 1.29 is 14.3 Å². The van der Waals surface area contributed by atoms with Crippen LogP contribution < -0.4 is 10.1 Å². The van der Waals surface area contributed by atoms with Gasteiger partial charge in [-0.15, -0.1) is 0 Å². The lowest BCUT2D eigenvalue weighted by Crippen LogP contribution is -2.51. The van der Waals surface area contributed by atoms with Gasteiger partial charge in [-0.2, -0.15) is 0 Å². The number of likely N-dealkylation sites (N-methyl/N-ethyl adjacent to an activating group) is 1. The number of carbonyl (C=O) groups is 2. The average molecular weight is 419 g/mol. The Morgan fingerprint density at radius 1 is 0.935 bits per heavy atom. The van der Waals surface area contributed by atoms with E-state index in [1.54, 1.807) is 4.90 Å². The van der Waals surface area contributed by atoms with E-state index in [0.717, 1.165) is 16.3 Å². The van der Waals surface area contributed by atoms with Crippen molar-refractivity contribution in [2.45, 2.75) is 32.7 Å². The van der Waals surface area contributed by atoms with E-state index in [1.807, 2.05) is 86.6 Å². The number of carbonyl (C=O) groups excluding carboxylic acids is 2. The second-order valence-electron chi connectivity index (χ2n) is 7.41. The molecule has 1 N–H and O–H groups in total. The SMILES string of the molecule is CCNC(=O)C(CC)N(CCc1ccccc1)C(=O)COc1cccc2ccccc12. The van der Waals surface area contributed by atoms with Crippen LogP contribution in [0.15, 0.2) is 72.8 Å². The Hall–Kier alpha value is -3.34. The van der Waals surface area contributed by atoms with Crippen molar-refractivity contribution in [1.29, 1.82) is 0 Å². The monoisotopic (exact) mass is 418 g/mol. The number of hydrogen-bond donors (Lipinski definition) is 1. The molecular formula is C26H30N2O3. The first-order valence-electron chi connectivity index (χ1n) is 10.9. The third-order valence-electron chi connectivity index (χ3n) is 5.32. The van der Waals surface area contributed by atoms with Crippen LogP contribution in [-0.4, -0.2) is 42.5 Å².